The first kappa shape index (κ1) is 13.4. The van der Waals surface area contributed by atoms with E-state index in [1.807, 2.05) is 0 Å². The van der Waals surface area contributed by atoms with Gasteiger partial charge in [0.25, 0.3) is 0 Å². The number of benzene rings is 1. The average Bonchev–Trinajstić information content (AvgIpc) is 3.24. The Morgan fingerprint density at radius 2 is 1.95 bits per heavy atom. The first-order valence-electron chi connectivity index (χ1n) is 8.65. The van der Waals surface area contributed by atoms with E-state index in [0.717, 1.165) is 18.9 Å². The van der Waals surface area contributed by atoms with E-state index in [9.17, 15) is 4.79 Å². The van der Waals surface area contributed by atoms with Crippen molar-refractivity contribution in [1.82, 2.24) is 4.90 Å². The summed E-state index contributed by atoms with van der Waals surface area (Å²) in [5.41, 5.74) is 1.37. The molecule has 1 saturated heterocycles. The Labute approximate surface area is 127 Å². The van der Waals surface area contributed by atoms with Gasteiger partial charge in [-0.2, -0.15) is 0 Å². The highest BCUT2D eigenvalue weighted by atomic mass is 16.2. The van der Waals surface area contributed by atoms with Crippen LogP contribution in [0.15, 0.2) is 30.3 Å². The van der Waals surface area contributed by atoms with Crippen LogP contribution >= 0.6 is 0 Å². The molecule has 1 amide bonds. The van der Waals surface area contributed by atoms with E-state index in [1.54, 1.807) is 0 Å². The van der Waals surface area contributed by atoms with Crippen LogP contribution in [0.3, 0.4) is 0 Å². The molecule has 1 aliphatic heterocycles. The van der Waals surface area contributed by atoms with Crippen molar-refractivity contribution in [1.29, 1.82) is 0 Å². The van der Waals surface area contributed by atoms with Crippen molar-refractivity contribution in [3.05, 3.63) is 35.9 Å². The smallest absolute Gasteiger partial charge is 0.226 e. The molecule has 3 aliphatic rings. The number of carbonyl (C=O) groups excluding carboxylic acids is 1. The summed E-state index contributed by atoms with van der Waals surface area (Å²) in [6.07, 6.45) is 8.59. The van der Waals surface area contributed by atoms with E-state index in [-0.39, 0.29) is 0 Å². The van der Waals surface area contributed by atoms with Crippen molar-refractivity contribution in [3.8, 4) is 0 Å². The lowest BCUT2D eigenvalue weighted by Gasteiger charge is -2.31. The van der Waals surface area contributed by atoms with Crippen molar-refractivity contribution in [3.63, 3.8) is 0 Å². The minimum absolute atomic E-state index is 0.361. The fourth-order valence-corrected chi connectivity index (χ4v) is 4.98. The predicted octanol–water partition coefficient (Wildman–Crippen LogP) is 3.66. The summed E-state index contributed by atoms with van der Waals surface area (Å²) in [6.45, 7) is 0.990. The summed E-state index contributed by atoms with van der Waals surface area (Å²) in [6, 6.07) is 11.1. The Balaban J connectivity index is 1.45. The van der Waals surface area contributed by atoms with Gasteiger partial charge in [-0.05, 0) is 55.9 Å². The molecule has 0 aromatic heterocycles. The van der Waals surface area contributed by atoms with Crippen molar-refractivity contribution in [2.45, 2.75) is 51.0 Å². The second-order valence-corrected chi connectivity index (χ2v) is 7.30. The number of fused-ring (bicyclic) bond motifs is 2. The Morgan fingerprint density at radius 3 is 2.67 bits per heavy atom. The average molecular weight is 283 g/mol. The molecule has 0 spiro atoms. The van der Waals surface area contributed by atoms with Gasteiger partial charge in [0, 0.05) is 18.5 Å². The molecule has 2 heteroatoms. The van der Waals surface area contributed by atoms with E-state index >= 15 is 0 Å². The van der Waals surface area contributed by atoms with Crippen molar-refractivity contribution in [2.24, 2.45) is 17.8 Å². The van der Waals surface area contributed by atoms with Crippen molar-refractivity contribution < 1.29 is 4.79 Å². The second-order valence-electron chi connectivity index (χ2n) is 7.30. The molecule has 1 aromatic carbocycles. The van der Waals surface area contributed by atoms with E-state index < -0.39 is 0 Å². The Hall–Kier alpha value is -1.31. The highest BCUT2D eigenvalue weighted by Gasteiger charge is 2.45. The minimum atomic E-state index is 0.361. The number of hydrogen-bond acceptors (Lipinski definition) is 1. The molecule has 1 aromatic rings. The van der Waals surface area contributed by atoms with Gasteiger partial charge in [-0.25, -0.2) is 0 Å². The summed E-state index contributed by atoms with van der Waals surface area (Å²) >= 11 is 0. The monoisotopic (exact) mass is 283 g/mol. The van der Waals surface area contributed by atoms with Crippen LogP contribution in [0.2, 0.25) is 0 Å². The largest absolute Gasteiger partial charge is 0.339 e. The summed E-state index contributed by atoms with van der Waals surface area (Å²) < 4.78 is 0. The molecular weight excluding hydrogens is 258 g/mol. The van der Waals surface area contributed by atoms with Crippen LogP contribution in [-0.2, 0) is 11.2 Å². The first-order valence-corrected chi connectivity index (χ1v) is 8.65. The lowest BCUT2D eigenvalue weighted by molar-refractivity contribution is -0.138. The summed E-state index contributed by atoms with van der Waals surface area (Å²) in [5.74, 6) is 2.42. The van der Waals surface area contributed by atoms with Crippen LogP contribution in [-0.4, -0.2) is 23.4 Å². The van der Waals surface area contributed by atoms with Crippen LogP contribution in [0.4, 0.5) is 0 Å². The van der Waals surface area contributed by atoms with Gasteiger partial charge in [-0.1, -0.05) is 36.8 Å². The number of carbonyl (C=O) groups is 1. The standard InChI is InChI=1S/C19H25NO/c21-19(18-13-15-8-9-16(18)11-15)20-10-4-7-17(20)12-14-5-2-1-3-6-14/h1-3,5-6,15-18H,4,7-13H2/t15-,16-,17-,18+/m0/s1. The van der Waals surface area contributed by atoms with Crippen LogP contribution in [0.1, 0.15) is 44.1 Å². The van der Waals surface area contributed by atoms with Gasteiger partial charge in [0.1, 0.15) is 0 Å². The minimum Gasteiger partial charge on any atom is -0.339 e. The molecule has 2 saturated carbocycles. The SMILES string of the molecule is O=C([C@@H]1C[C@H]2CC[C@H]1C2)N1CCC[C@H]1Cc1ccccc1. The van der Waals surface area contributed by atoms with E-state index in [1.165, 1.54) is 44.1 Å². The zero-order valence-electron chi connectivity index (χ0n) is 12.7. The molecule has 2 nitrogen and oxygen atoms in total. The van der Waals surface area contributed by atoms with Gasteiger partial charge in [0.15, 0.2) is 0 Å². The maximum Gasteiger partial charge on any atom is 0.226 e. The fourth-order valence-electron chi connectivity index (χ4n) is 4.98. The lowest BCUT2D eigenvalue weighted by Crippen LogP contribution is -2.42. The maximum absolute atomic E-state index is 13.0. The van der Waals surface area contributed by atoms with Gasteiger partial charge in [-0.3, -0.25) is 4.79 Å². The number of amides is 1. The van der Waals surface area contributed by atoms with Crippen LogP contribution in [0, 0.1) is 17.8 Å². The third-order valence-corrected chi connectivity index (χ3v) is 6.03. The number of hydrogen-bond donors (Lipinski definition) is 0. The molecule has 1 heterocycles. The molecular formula is C19H25NO. The van der Waals surface area contributed by atoms with Gasteiger partial charge in [0.2, 0.25) is 5.91 Å². The topological polar surface area (TPSA) is 20.3 Å². The van der Waals surface area contributed by atoms with Gasteiger partial charge < -0.3 is 4.90 Å². The second kappa shape index (κ2) is 5.47. The van der Waals surface area contributed by atoms with E-state index in [2.05, 4.69) is 35.2 Å². The highest BCUT2D eigenvalue weighted by Crippen LogP contribution is 2.49. The number of likely N-dealkylation sites (tertiary alicyclic amines) is 1. The van der Waals surface area contributed by atoms with E-state index in [4.69, 9.17) is 0 Å². The molecule has 4 rings (SSSR count). The number of nitrogens with zero attached hydrogens (tertiary/aromatic N) is 1. The van der Waals surface area contributed by atoms with Crippen molar-refractivity contribution in [2.75, 3.05) is 6.54 Å². The Morgan fingerprint density at radius 1 is 1.10 bits per heavy atom. The molecule has 2 aliphatic carbocycles. The third-order valence-electron chi connectivity index (χ3n) is 6.03. The van der Waals surface area contributed by atoms with Crippen LogP contribution < -0.4 is 0 Å². The van der Waals surface area contributed by atoms with Gasteiger partial charge in [0.05, 0.1) is 0 Å². The molecule has 0 radical (unpaired) electrons. The Kier molecular flexibility index (Phi) is 3.48. The summed E-state index contributed by atoms with van der Waals surface area (Å²) in [7, 11) is 0. The lowest BCUT2D eigenvalue weighted by atomic mass is 9.87. The quantitative estimate of drug-likeness (QED) is 0.829. The zero-order chi connectivity index (χ0) is 14.2. The molecule has 21 heavy (non-hydrogen) atoms. The molecule has 4 atom stereocenters. The third kappa shape index (κ3) is 2.49. The molecule has 0 unspecified atom stereocenters. The maximum atomic E-state index is 13.0. The molecule has 112 valence electrons. The highest BCUT2D eigenvalue weighted by molar-refractivity contribution is 5.80. The first-order chi connectivity index (χ1) is 10.3. The molecule has 0 N–H and O–H groups in total. The van der Waals surface area contributed by atoms with E-state index in [0.29, 0.717) is 23.8 Å². The van der Waals surface area contributed by atoms with Gasteiger partial charge >= 0.3 is 0 Å². The summed E-state index contributed by atoms with van der Waals surface area (Å²) in [5, 5.41) is 0. The van der Waals surface area contributed by atoms with Crippen LogP contribution in [0.25, 0.3) is 0 Å². The predicted molar refractivity (Wildman–Crippen MR) is 83.8 cm³/mol. The van der Waals surface area contributed by atoms with Crippen molar-refractivity contribution >= 4 is 5.91 Å². The fraction of sp³-hybridized carbons (Fsp3) is 0.632. The van der Waals surface area contributed by atoms with Crippen LogP contribution in [0.5, 0.6) is 0 Å². The van der Waals surface area contributed by atoms with Gasteiger partial charge in [-0.15, -0.1) is 0 Å². The molecule has 3 fully saturated rings. The number of rotatable bonds is 3. The normalized spacial score (nSPS) is 34.6. The molecule has 2 bridgehead atoms. The summed E-state index contributed by atoms with van der Waals surface area (Å²) in [4.78, 5) is 15.2. The Bertz CT molecular complexity index is 512. The zero-order valence-corrected chi connectivity index (χ0v) is 12.7.